The van der Waals surface area contributed by atoms with E-state index in [1.54, 1.807) is 0 Å². The number of nitrogens with zero attached hydrogens (tertiary/aromatic N) is 2. The molecular formula is C12H19N3. The van der Waals surface area contributed by atoms with Crippen molar-refractivity contribution in [1.29, 1.82) is 0 Å². The van der Waals surface area contributed by atoms with Crippen molar-refractivity contribution < 1.29 is 0 Å². The molecule has 2 N–H and O–H groups in total. The van der Waals surface area contributed by atoms with Crippen molar-refractivity contribution in [3.8, 4) is 0 Å². The van der Waals surface area contributed by atoms with Crippen LogP contribution in [-0.4, -0.2) is 17.6 Å². The maximum atomic E-state index is 5.96. The summed E-state index contributed by atoms with van der Waals surface area (Å²) in [5, 5.41) is 0. The Labute approximate surface area is 91.3 Å². The van der Waals surface area contributed by atoms with Crippen LogP contribution in [0.3, 0.4) is 0 Å². The summed E-state index contributed by atoms with van der Waals surface area (Å²) in [7, 11) is 0. The molecule has 1 heterocycles. The van der Waals surface area contributed by atoms with Gasteiger partial charge >= 0.3 is 0 Å². The lowest BCUT2D eigenvalue weighted by Gasteiger charge is -2.25. The van der Waals surface area contributed by atoms with Crippen molar-refractivity contribution >= 4 is 5.82 Å². The van der Waals surface area contributed by atoms with Gasteiger partial charge in [0.25, 0.3) is 0 Å². The van der Waals surface area contributed by atoms with Crippen LogP contribution in [0, 0.1) is 0 Å². The molecule has 1 saturated carbocycles. The van der Waals surface area contributed by atoms with Crippen LogP contribution >= 0.6 is 0 Å². The average molecular weight is 205 g/mol. The van der Waals surface area contributed by atoms with Crippen molar-refractivity contribution in [3.05, 3.63) is 23.9 Å². The lowest BCUT2D eigenvalue weighted by molar-refractivity contribution is 0.759. The Morgan fingerprint density at radius 1 is 1.60 bits per heavy atom. The Balaban J connectivity index is 2.31. The SMILES string of the molecule is CCN(c1ncccc1[C@@H](C)N)C1CC1. The fourth-order valence-corrected chi connectivity index (χ4v) is 1.97. The highest BCUT2D eigenvalue weighted by Crippen LogP contribution is 2.33. The maximum absolute atomic E-state index is 5.96. The van der Waals surface area contributed by atoms with Gasteiger partial charge in [0.05, 0.1) is 0 Å². The first kappa shape index (κ1) is 10.4. The molecule has 0 bridgehead atoms. The zero-order valence-electron chi connectivity index (χ0n) is 9.48. The van der Waals surface area contributed by atoms with Crippen molar-refractivity contribution in [2.45, 2.75) is 38.8 Å². The number of aromatic nitrogens is 1. The monoisotopic (exact) mass is 205 g/mol. The number of pyridine rings is 1. The number of rotatable bonds is 4. The van der Waals surface area contributed by atoms with E-state index in [0.717, 1.165) is 17.9 Å². The molecule has 0 saturated heterocycles. The van der Waals surface area contributed by atoms with Gasteiger partial charge in [-0.2, -0.15) is 0 Å². The van der Waals surface area contributed by atoms with Gasteiger partial charge in [-0.15, -0.1) is 0 Å². The van der Waals surface area contributed by atoms with Crippen molar-refractivity contribution in [2.24, 2.45) is 5.73 Å². The Hall–Kier alpha value is -1.09. The molecule has 0 aliphatic heterocycles. The molecule has 82 valence electrons. The molecule has 0 amide bonds. The van der Waals surface area contributed by atoms with Crippen LogP contribution in [0.5, 0.6) is 0 Å². The summed E-state index contributed by atoms with van der Waals surface area (Å²) in [6, 6.07) is 4.80. The van der Waals surface area contributed by atoms with Gasteiger partial charge in [-0.05, 0) is 32.8 Å². The molecule has 0 radical (unpaired) electrons. The summed E-state index contributed by atoms with van der Waals surface area (Å²) in [6.45, 7) is 5.21. The number of nitrogens with two attached hydrogens (primary N) is 1. The molecule has 3 nitrogen and oxygen atoms in total. The molecule has 0 aromatic carbocycles. The summed E-state index contributed by atoms with van der Waals surface area (Å²) in [4.78, 5) is 6.85. The third-order valence-corrected chi connectivity index (χ3v) is 2.91. The fraction of sp³-hybridized carbons (Fsp3) is 0.583. The standard InChI is InChI=1S/C12H19N3/c1-3-15(10-6-7-10)12-11(9(2)13)5-4-8-14-12/h4-5,8-10H,3,6-7,13H2,1-2H3/t9-/m1/s1. The average Bonchev–Trinajstić information content (AvgIpc) is 3.04. The first-order valence-electron chi connectivity index (χ1n) is 5.71. The number of hydrogen-bond acceptors (Lipinski definition) is 3. The third kappa shape index (κ3) is 2.12. The van der Waals surface area contributed by atoms with E-state index in [9.17, 15) is 0 Å². The van der Waals surface area contributed by atoms with Gasteiger partial charge in [0, 0.05) is 30.4 Å². The van der Waals surface area contributed by atoms with Crippen molar-refractivity contribution in [1.82, 2.24) is 4.98 Å². The van der Waals surface area contributed by atoms with Crippen LogP contribution in [0.25, 0.3) is 0 Å². The molecular weight excluding hydrogens is 186 g/mol. The highest BCUT2D eigenvalue weighted by atomic mass is 15.2. The Morgan fingerprint density at radius 2 is 2.33 bits per heavy atom. The van der Waals surface area contributed by atoms with E-state index < -0.39 is 0 Å². The quantitative estimate of drug-likeness (QED) is 0.818. The molecule has 0 unspecified atom stereocenters. The maximum Gasteiger partial charge on any atom is 0.133 e. The topological polar surface area (TPSA) is 42.2 Å². The van der Waals surface area contributed by atoms with Gasteiger partial charge < -0.3 is 10.6 Å². The zero-order valence-corrected chi connectivity index (χ0v) is 9.48. The van der Waals surface area contributed by atoms with Gasteiger partial charge in [-0.3, -0.25) is 0 Å². The molecule has 1 atom stereocenters. The molecule has 15 heavy (non-hydrogen) atoms. The Morgan fingerprint density at radius 3 is 2.87 bits per heavy atom. The highest BCUT2D eigenvalue weighted by Gasteiger charge is 2.30. The fourth-order valence-electron chi connectivity index (χ4n) is 1.97. The minimum Gasteiger partial charge on any atom is -0.354 e. The summed E-state index contributed by atoms with van der Waals surface area (Å²) in [5.74, 6) is 1.08. The van der Waals surface area contributed by atoms with E-state index in [1.165, 1.54) is 12.8 Å². The molecule has 0 spiro atoms. The Kier molecular flexibility index (Phi) is 2.91. The Bertz CT molecular complexity index is 331. The van der Waals surface area contributed by atoms with E-state index in [0.29, 0.717) is 6.04 Å². The second-order valence-corrected chi connectivity index (χ2v) is 4.22. The number of hydrogen-bond donors (Lipinski definition) is 1. The lowest BCUT2D eigenvalue weighted by Crippen LogP contribution is -2.28. The summed E-state index contributed by atoms with van der Waals surface area (Å²) < 4.78 is 0. The van der Waals surface area contributed by atoms with Crippen LogP contribution in [0.2, 0.25) is 0 Å². The largest absolute Gasteiger partial charge is 0.354 e. The predicted octanol–water partition coefficient (Wildman–Crippen LogP) is 2.09. The predicted molar refractivity (Wildman–Crippen MR) is 62.9 cm³/mol. The summed E-state index contributed by atoms with van der Waals surface area (Å²) in [5.41, 5.74) is 7.12. The second-order valence-electron chi connectivity index (χ2n) is 4.22. The van der Waals surface area contributed by atoms with Crippen molar-refractivity contribution in [2.75, 3.05) is 11.4 Å². The van der Waals surface area contributed by atoms with Crippen LogP contribution in [0.4, 0.5) is 5.82 Å². The van der Waals surface area contributed by atoms with E-state index in [2.05, 4.69) is 22.9 Å². The smallest absolute Gasteiger partial charge is 0.133 e. The van der Waals surface area contributed by atoms with Crippen LogP contribution in [0.1, 0.15) is 38.3 Å². The minimum absolute atomic E-state index is 0.0569. The molecule has 1 fully saturated rings. The van der Waals surface area contributed by atoms with Gasteiger partial charge in [0.15, 0.2) is 0 Å². The van der Waals surface area contributed by atoms with Crippen LogP contribution in [0.15, 0.2) is 18.3 Å². The normalized spacial score (nSPS) is 17.5. The van der Waals surface area contributed by atoms with E-state index >= 15 is 0 Å². The first-order valence-corrected chi connectivity index (χ1v) is 5.71. The van der Waals surface area contributed by atoms with Crippen molar-refractivity contribution in [3.63, 3.8) is 0 Å². The molecule has 1 aliphatic rings. The summed E-state index contributed by atoms with van der Waals surface area (Å²) in [6.07, 6.45) is 4.44. The van der Waals surface area contributed by atoms with E-state index in [4.69, 9.17) is 5.73 Å². The zero-order chi connectivity index (χ0) is 10.8. The highest BCUT2D eigenvalue weighted by molar-refractivity contribution is 5.50. The molecule has 1 aliphatic carbocycles. The van der Waals surface area contributed by atoms with E-state index in [1.807, 2.05) is 19.2 Å². The summed E-state index contributed by atoms with van der Waals surface area (Å²) >= 11 is 0. The minimum atomic E-state index is 0.0569. The van der Waals surface area contributed by atoms with Gasteiger partial charge in [-0.25, -0.2) is 4.98 Å². The third-order valence-electron chi connectivity index (χ3n) is 2.91. The van der Waals surface area contributed by atoms with E-state index in [-0.39, 0.29) is 6.04 Å². The first-order chi connectivity index (χ1) is 7.24. The van der Waals surface area contributed by atoms with Gasteiger partial charge in [-0.1, -0.05) is 6.07 Å². The molecule has 2 rings (SSSR count). The number of anilines is 1. The molecule has 3 heteroatoms. The van der Waals surface area contributed by atoms with Gasteiger partial charge in [0.2, 0.25) is 0 Å². The molecule has 1 aromatic rings. The van der Waals surface area contributed by atoms with Crippen LogP contribution < -0.4 is 10.6 Å². The lowest BCUT2D eigenvalue weighted by atomic mass is 10.1. The molecule has 1 aromatic heterocycles. The van der Waals surface area contributed by atoms with Crippen LogP contribution in [-0.2, 0) is 0 Å². The van der Waals surface area contributed by atoms with Gasteiger partial charge in [0.1, 0.15) is 5.82 Å². The second kappa shape index (κ2) is 4.19.